The lowest BCUT2D eigenvalue weighted by atomic mass is 9.82. The molecule has 2 aromatic carbocycles. The van der Waals surface area contributed by atoms with Crippen molar-refractivity contribution in [2.45, 2.75) is 75.3 Å². The van der Waals surface area contributed by atoms with Gasteiger partial charge in [-0.25, -0.2) is 4.98 Å². The second-order valence-corrected chi connectivity index (χ2v) is 10.1. The van der Waals surface area contributed by atoms with Gasteiger partial charge in [0.05, 0.1) is 11.9 Å². The minimum absolute atomic E-state index is 0.565. The number of anilines is 4. The minimum Gasteiger partial charge on any atom is -0.336 e. The number of pyridine rings is 1. The van der Waals surface area contributed by atoms with Gasteiger partial charge in [-0.15, -0.1) is 0 Å². The standard InChI is InChI=1S/C29H31N3/c1-5-13-25-21(9-1)22-10-2-6-14-26(22)31(25)20-17-18-29(30-19-20)32-27-15-7-3-11-23(27)24-12-4-8-16-28(24)32/h1,3,5,7,9,11,13,15,17-19,22,24,26,28H,2,4,6,8,10,12,14,16H2. The first kappa shape index (κ1) is 18.7. The maximum absolute atomic E-state index is 5.09. The first-order chi connectivity index (χ1) is 15.9. The normalized spacial score (nSPS) is 28.1. The molecule has 0 amide bonds. The van der Waals surface area contributed by atoms with Crippen LogP contribution in [0.2, 0.25) is 0 Å². The third-order valence-electron chi connectivity index (χ3n) is 8.57. The molecule has 3 nitrogen and oxygen atoms in total. The van der Waals surface area contributed by atoms with Crippen LogP contribution in [0.25, 0.3) is 0 Å². The van der Waals surface area contributed by atoms with E-state index < -0.39 is 0 Å². The van der Waals surface area contributed by atoms with Crippen LogP contribution in [0.1, 0.15) is 74.3 Å². The van der Waals surface area contributed by atoms with Gasteiger partial charge in [0.2, 0.25) is 0 Å². The van der Waals surface area contributed by atoms with Crippen LogP contribution in [0.15, 0.2) is 66.9 Å². The Hall–Kier alpha value is -2.81. The van der Waals surface area contributed by atoms with E-state index in [2.05, 4.69) is 76.7 Å². The van der Waals surface area contributed by atoms with Gasteiger partial charge in [-0.1, -0.05) is 62.1 Å². The maximum atomic E-state index is 5.09. The molecule has 0 saturated heterocycles. The van der Waals surface area contributed by atoms with Crippen molar-refractivity contribution in [3.05, 3.63) is 78.0 Å². The van der Waals surface area contributed by atoms with Crippen molar-refractivity contribution in [2.75, 3.05) is 9.80 Å². The summed E-state index contributed by atoms with van der Waals surface area (Å²) < 4.78 is 0. The molecule has 0 spiro atoms. The van der Waals surface area contributed by atoms with Gasteiger partial charge in [0.25, 0.3) is 0 Å². The molecule has 2 aliphatic carbocycles. The molecule has 2 aliphatic heterocycles. The molecule has 4 atom stereocenters. The van der Waals surface area contributed by atoms with Crippen molar-refractivity contribution in [3.8, 4) is 0 Å². The van der Waals surface area contributed by atoms with Crippen LogP contribution in [-0.2, 0) is 0 Å². The molecule has 0 N–H and O–H groups in total. The first-order valence-electron chi connectivity index (χ1n) is 12.6. The molecule has 3 heterocycles. The van der Waals surface area contributed by atoms with Crippen LogP contribution in [0, 0.1) is 0 Å². The average Bonchev–Trinajstić information content (AvgIpc) is 3.38. The zero-order valence-corrected chi connectivity index (χ0v) is 18.7. The Morgan fingerprint density at radius 1 is 0.594 bits per heavy atom. The van der Waals surface area contributed by atoms with Crippen LogP contribution in [0.3, 0.4) is 0 Å². The summed E-state index contributed by atoms with van der Waals surface area (Å²) in [5, 5.41) is 0. The minimum atomic E-state index is 0.565. The van der Waals surface area contributed by atoms with Crippen LogP contribution in [0.4, 0.5) is 22.9 Å². The summed E-state index contributed by atoms with van der Waals surface area (Å²) in [7, 11) is 0. The summed E-state index contributed by atoms with van der Waals surface area (Å²) in [4.78, 5) is 10.2. The fraction of sp³-hybridized carbons (Fsp3) is 0.414. The highest BCUT2D eigenvalue weighted by Gasteiger charge is 2.42. The molecule has 4 unspecified atom stereocenters. The van der Waals surface area contributed by atoms with Gasteiger partial charge in [-0.05, 0) is 61.1 Å². The molecule has 2 saturated carbocycles. The van der Waals surface area contributed by atoms with Gasteiger partial charge >= 0.3 is 0 Å². The first-order valence-corrected chi connectivity index (χ1v) is 12.6. The second kappa shape index (κ2) is 7.37. The van der Waals surface area contributed by atoms with Gasteiger partial charge in [0.15, 0.2) is 0 Å². The van der Waals surface area contributed by atoms with E-state index >= 15 is 0 Å². The van der Waals surface area contributed by atoms with E-state index in [9.17, 15) is 0 Å². The fourth-order valence-electron chi connectivity index (χ4n) is 7.25. The summed E-state index contributed by atoms with van der Waals surface area (Å²) in [6, 6.07) is 23.8. The van der Waals surface area contributed by atoms with E-state index in [1.807, 2.05) is 0 Å². The lowest BCUT2D eigenvalue weighted by molar-refractivity contribution is 0.400. The Morgan fingerprint density at radius 2 is 1.16 bits per heavy atom. The number of rotatable bonds is 2. The van der Waals surface area contributed by atoms with Crippen LogP contribution in [-0.4, -0.2) is 17.1 Å². The Labute approximate surface area is 191 Å². The van der Waals surface area contributed by atoms with E-state index in [1.54, 1.807) is 5.56 Å². The topological polar surface area (TPSA) is 19.4 Å². The van der Waals surface area contributed by atoms with Gasteiger partial charge in [0, 0.05) is 35.3 Å². The lowest BCUT2D eigenvalue weighted by Crippen LogP contribution is -2.33. The van der Waals surface area contributed by atoms with Crippen molar-refractivity contribution in [1.82, 2.24) is 4.98 Å². The van der Waals surface area contributed by atoms with Crippen molar-refractivity contribution >= 4 is 22.9 Å². The molecule has 0 radical (unpaired) electrons. The lowest BCUT2D eigenvalue weighted by Gasteiger charge is -2.34. The Balaban J connectivity index is 1.26. The van der Waals surface area contributed by atoms with E-state index in [-0.39, 0.29) is 0 Å². The highest BCUT2D eigenvalue weighted by molar-refractivity contribution is 5.75. The van der Waals surface area contributed by atoms with Gasteiger partial charge in [-0.3, -0.25) is 0 Å². The summed E-state index contributed by atoms with van der Waals surface area (Å²) in [5.41, 5.74) is 7.10. The number of aromatic nitrogens is 1. The smallest absolute Gasteiger partial charge is 0.133 e. The highest BCUT2D eigenvalue weighted by Crippen LogP contribution is 2.52. The maximum Gasteiger partial charge on any atom is 0.133 e. The largest absolute Gasteiger partial charge is 0.336 e. The number of hydrogen-bond acceptors (Lipinski definition) is 3. The van der Waals surface area contributed by atoms with Crippen LogP contribution < -0.4 is 9.80 Å². The summed E-state index contributed by atoms with van der Waals surface area (Å²) in [6.45, 7) is 0. The van der Waals surface area contributed by atoms with E-state index in [4.69, 9.17) is 4.98 Å². The Kier molecular flexibility index (Phi) is 4.31. The van der Waals surface area contributed by atoms with E-state index in [0.29, 0.717) is 23.9 Å². The number of hydrogen-bond donors (Lipinski definition) is 0. The Morgan fingerprint density at radius 3 is 1.78 bits per heavy atom. The predicted octanol–water partition coefficient (Wildman–Crippen LogP) is 7.44. The van der Waals surface area contributed by atoms with Gasteiger partial charge in [-0.2, -0.15) is 0 Å². The summed E-state index contributed by atoms with van der Waals surface area (Å²) >= 11 is 0. The second-order valence-electron chi connectivity index (χ2n) is 10.1. The highest BCUT2D eigenvalue weighted by atomic mass is 15.3. The van der Waals surface area contributed by atoms with Crippen LogP contribution in [0.5, 0.6) is 0 Å². The third kappa shape index (κ3) is 2.69. The van der Waals surface area contributed by atoms with Crippen LogP contribution >= 0.6 is 0 Å². The SMILES string of the molecule is c1ccc2c(c1)C1CCCCC1N2c1ccc(N2c3ccccc3C3CCCCC32)nc1. The number of nitrogens with zero attached hydrogens (tertiary/aromatic N) is 3. The molecule has 3 aromatic rings. The van der Waals surface area contributed by atoms with E-state index in [0.717, 1.165) is 5.82 Å². The molecule has 4 aliphatic rings. The van der Waals surface area contributed by atoms with Gasteiger partial charge in [0.1, 0.15) is 5.82 Å². The zero-order chi connectivity index (χ0) is 21.1. The monoisotopic (exact) mass is 421 g/mol. The molecule has 162 valence electrons. The Bertz CT molecular complexity index is 1050. The third-order valence-corrected chi connectivity index (χ3v) is 8.57. The molecule has 0 bridgehead atoms. The van der Waals surface area contributed by atoms with Gasteiger partial charge < -0.3 is 9.80 Å². The molecule has 1 aromatic heterocycles. The van der Waals surface area contributed by atoms with Crippen molar-refractivity contribution in [3.63, 3.8) is 0 Å². The number of benzene rings is 2. The molecule has 7 rings (SSSR count). The number of fused-ring (bicyclic) bond motifs is 6. The van der Waals surface area contributed by atoms with Crippen molar-refractivity contribution < 1.29 is 0 Å². The molecule has 32 heavy (non-hydrogen) atoms. The number of para-hydroxylation sites is 2. The van der Waals surface area contributed by atoms with E-state index in [1.165, 1.54) is 74.0 Å². The van der Waals surface area contributed by atoms with Crippen molar-refractivity contribution in [2.24, 2.45) is 0 Å². The fourth-order valence-corrected chi connectivity index (χ4v) is 7.25. The molecule has 2 fully saturated rings. The van der Waals surface area contributed by atoms with Crippen molar-refractivity contribution in [1.29, 1.82) is 0 Å². The molecule has 3 heteroatoms. The molecular formula is C29H31N3. The average molecular weight is 422 g/mol. The molecular weight excluding hydrogens is 390 g/mol. The summed E-state index contributed by atoms with van der Waals surface area (Å²) in [5.74, 6) is 2.45. The predicted molar refractivity (Wildman–Crippen MR) is 131 cm³/mol. The summed E-state index contributed by atoms with van der Waals surface area (Å²) in [6.07, 6.45) is 12.7. The quantitative estimate of drug-likeness (QED) is 0.429. The zero-order valence-electron chi connectivity index (χ0n) is 18.7.